The molecule has 9 heteroatoms. The van der Waals surface area contributed by atoms with Crippen molar-refractivity contribution < 1.29 is 23.5 Å². The van der Waals surface area contributed by atoms with Crippen molar-refractivity contribution in [1.29, 1.82) is 0 Å². The van der Waals surface area contributed by atoms with E-state index in [1.165, 1.54) is 11.0 Å². The van der Waals surface area contributed by atoms with Crippen LogP contribution in [0.3, 0.4) is 0 Å². The topological polar surface area (TPSA) is 87.7 Å². The maximum Gasteiger partial charge on any atom is 0.246 e. The molecule has 0 unspecified atom stereocenters. The minimum atomic E-state index is -1.30. The summed E-state index contributed by atoms with van der Waals surface area (Å²) in [5.41, 5.74) is -0.363. The molecule has 41 heavy (non-hydrogen) atoms. The number of ether oxygens (including phenoxy) is 1. The van der Waals surface area contributed by atoms with Gasteiger partial charge in [-0.1, -0.05) is 63.1 Å². The Labute approximate surface area is 244 Å². The number of anilines is 1. The summed E-state index contributed by atoms with van der Waals surface area (Å²) in [7, 11) is 0. The first kappa shape index (κ1) is 28.0. The standard InChI is InChI=1S/C32H36FN3O4S/c1-18-8-6-13-24(19(18)2)35-30(38)28-32-15-14-25(40-32)26(29(37)34-21-10-7-11-22(16-21)41-3)27(32)31(39)36(28)17-20-9-4-5-12-23(20)33/h4-5,7,9-12,14-16,18-19,24-28H,6,8,13,17H2,1-3H3,(H,34,37)(H,35,38)/t18-,19+,24-,25+,26-,27+,28+,32+/m1/s1. The Balaban J connectivity index is 1.33. The highest BCUT2D eigenvalue weighted by atomic mass is 32.2. The van der Waals surface area contributed by atoms with Crippen LogP contribution in [0.25, 0.3) is 0 Å². The largest absolute Gasteiger partial charge is 0.359 e. The van der Waals surface area contributed by atoms with Gasteiger partial charge in [-0.2, -0.15) is 0 Å². The molecule has 3 fully saturated rings. The minimum absolute atomic E-state index is 0.0301. The first-order chi connectivity index (χ1) is 19.7. The highest BCUT2D eigenvalue weighted by Crippen LogP contribution is 2.55. The van der Waals surface area contributed by atoms with Crippen molar-refractivity contribution in [2.45, 2.75) is 68.3 Å². The number of nitrogens with zero attached hydrogens (tertiary/aromatic N) is 1. The summed E-state index contributed by atoms with van der Waals surface area (Å²) in [6.45, 7) is 4.25. The smallest absolute Gasteiger partial charge is 0.246 e. The van der Waals surface area contributed by atoms with E-state index in [0.29, 0.717) is 17.2 Å². The molecule has 6 rings (SSSR count). The van der Waals surface area contributed by atoms with Gasteiger partial charge in [-0.25, -0.2) is 4.39 Å². The van der Waals surface area contributed by atoms with Crippen molar-refractivity contribution in [2.75, 3.05) is 11.6 Å². The lowest BCUT2D eigenvalue weighted by Crippen LogP contribution is -2.57. The minimum Gasteiger partial charge on any atom is -0.359 e. The van der Waals surface area contributed by atoms with Crippen LogP contribution < -0.4 is 10.6 Å². The Morgan fingerprint density at radius 1 is 1.12 bits per heavy atom. The number of benzene rings is 2. The predicted molar refractivity (Wildman–Crippen MR) is 155 cm³/mol. The third-order valence-electron chi connectivity index (χ3n) is 9.60. The van der Waals surface area contributed by atoms with Crippen molar-refractivity contribution >= 4 is 35.2 Å². The molecule has 3 aliphatic heterocycles. The highest BCUT2D eigenvalue weighted by Gasteiger charge is 2.72. The van der Waals surface area contributed by atoms with Crippen LogP contribution in [0.4, 0.5) is 10.1 Å². The molecule has 1 saturated carbocycles. The maximum atomic E-state index is 14.8. The fourth-order valence-electron chi connectivity index (χ4n) is 7.22. The van der Waals surface area contributed by atoms with Crippen LogP contribution in [0.5, 0.6) is 0 Å². The quantitative estimate of drug-likeness (QED) is 0.366. The summed E-state index contributed by atoms with van der Waals surface area (Å²) >= 11 is 1.57. The molecule has 0 aromatic heterocycles. The van der Waals surface area contributed by atoms with E-state index >= 15 is 0 Å². The van der Waals surface area contributed by atoms with Gasteiger partial charge in [-0.15, -0.1) is 11.8 Å². The Bertz CT molecular complexity index is 1400. The zero-order valence-corrected chi connectivity index (χ0v) is 24.3. The molecule has 2 aromatic carbocycles. The summed E-state index contributed by atoms with van der Waals surface area (Å²) in [5, 5.41) is 6.21. The van der Waals surface area contributed by atoms with Crippen LogP contribution in [0.2, 0.25) is 0 Å². The SMILES string of the molecule is CSc1cccc(NC(=O)[C@@H]2[C@@H]3C=C[C@]4(O3)[C@@H]2C(=O)N(Cc2ccccc2F)[C@H]4C(=O)N[C@@H]2CCC[C@@H](C)[C@@H]2C)c1. The molecular formula is C32H36FN3O4S. The Morgan fingerprint density at radius 2 is 1.93 bits per heavy atom. The number of halogens is 1. The summed E-state index contributed by atoms with van der Waals surface area (Å²) in [6.07, 6.45) is 7.91. The van der Waals surface area contributed by atoms with Gasteiger partial charge in [0.05, 0.1) is 17.9 Å². The average Bonchev–Trinajstić information content (AvgIpc) is 3.60. The number of amides is 3. The number of fused-ring (bicyclic) bond motifs is 1. The summed E-state index contributed by atoms with van der Waals surface area (Å²) in [6, 6.07) is 12.7. The van der Waals surface area contributed by atoms with E-state index in [4.69, 9.17) is 4.74 Å². The van der Waals surface area contributed by atoms with E-state index in [-0.39, 0.29) is 36.2 Å². The molecule has 2 aromatic rings. The van der Waals surface area contributed by atoms with Gasteiger partial charge in [0.25, 0.3) is 0 Å². The third-order valence-corrected chi connectivity index (χ3v) is 10.3. The van der Waals surface area contributed by atoms with Gasteiger partial charge < -0.3 is 20.3 Å². The summed E-state index contributed by atoms with van der Waals surface area (Å²) < 4.78 is 21.2. The molecule has 3 heterocycles. The van der Waals surface area contributed by atoms with Crippen molar-refractivity contribution in [1.82, 2.24) is 10.2 Å². The van der Waals surface area contributed by atoms with Crippen molar-refractivity contribution in [3.8, 4) is 0 Å². The number of carbonyl (C=O) groups is 3. The van der Waals surface area contributed by atoms with Crippen LogP contribution in [-0.4, -0.2) is 52.7 Å². The molecule has 8 atom stereocenters. The van der Waals surface area contributed by atoms with E-state index in [1.807, 2.05) is 24.5 Å². The van der Waals surface area contributed by atoms with Gasteiger partial charge in [0.1, 0.15) is 17.5 Å². The number of carbonyl (C=O) groups excluding carboxylic acids is 3. The van der Waals surface area contributed by atoms with Gasteiger partial charge in [0, 0.05) is 28.7 Å². The Hall–Kier alpha value is -3.17. The van der Waals surface area contributed by atoms with Gasteiger partial charge in [-0.3, -0.25) is 14.4 Å². The van der Waals surface area contributed by atoms with Gasteiger partial charge in [-0.05, 0) is 48.8 Å². The molecule has 1 spiro atoms. The van der Waals surface area contributed by atoms with Gasteiger partial charge >= 0.3 is 0 Å². The van der Waals surface area contributed by atoms with E-state index < -0.39 is 35.4 Å². The predicted octanol–water partition coefficient (Wildman–Crippen LogP) is 4.78. The number of hydrogen-bond acceptors (Lipinski definition) is 5. The van der Waals surface area contributed by atoms with Crippen LogP contribution in [0.15, 0.2) is 65.6 Å². The third kappa shape index (κ3) is 4.77. The second kappa shape index (κ2) is 10.9. The molecule has 1 aliphatic carbocycles. The van der Waals surface area contributed by atoms with Crippen LogP contribution in [-0.2, 0) is 25.7 Å². The van der Waals surface area contributed by atoms with E-state index in [1.54, 1.807) is 48.2 Å². The number of thioether (sulfide) groups is 1. The summed E-state index contributed by atoms with van der Waals surface area (Å²) in [5.74, 6) is -2.44. The number of rotatable bonds is 7. The first-order valence-corrected chi connectivity index (χ1v) is 15.6. The molecule has 0 radical (unpaired) electrons. The van der Waals surface area contributed by atoms with E-state index in [2.05, 4.69) is 24.5 Å². The zero-order chi connectivity index (χ0) is 28.9. The van der Waals surface area contributed by atoms with E-state index in [9.17, 15) is 18.8 Å². The molecule has 4 aliphatic rings. The van der Waals surface area contributed by atoms with Crippen molar-refractivity contribution in [3.63, 3.8) is 0 Å². The lowest BCUT2D eigenvalue weighted by Gasteiger charge is -2.38. The summed E-state index contributed by atoms with van der Waals surface area (Å²) in [4.78, 5) is 44.5. The normalized spacial score (nSPS) is 33.6. The van der Waals surface area contributed by atoms with Gasteiger partial charge in [0.15, 0.2) is 0 Å². The molecular weight excluding hydrogens is 541 g/mol. The molecule has 2 N–H and O–H groups in total. The van der Waals surface area contributed by atoms with Crippen molar-refractivity contribution in [3.05, 3.63) is 72.1 Å². The Morgan fingerprint density at radius 3 is 2.71 bits per heavy atom. The van der Waals surface area contributed by atoms with Crippen molar-refractivity contribution in [2.24, 2.45) is 23.7 Å². The van der Waals surface area contributed by atoms with E-state index in [0.717, 1.165) is 24.2 Å². The second-order valence-corrected chi connectivity index (χ2v) is 12.7. The highest BCUT2D eigenvalue weighted by molar-refractivity contribution is 7.98. The number of nitrogens with one attached hydrogen (secondary N) is 2. The monoisotopic (exact) mass is 577 g/mol. The fraction of sp³-hybridized carbons (Fsp3) is 0.469. The second-order valence-electron chi connectivity index (χ2n) is 11.9. The molecule has 216 valence electrons. The first-order valence-electron chi connectivity index (χ1n) is 14.4. The fourth-order valence-corrected chi connectivity index (χ4v) is 7.68. The molecule has 2 bridgehead atoms. The molecule has 7 nitrogen and oxygen atoms in total. The van der Waals surface area contributed by atoms with Crippen LogP contribution >= 0.6 is 11.8 Å². The van der Waals surface area contributed by atoms with Crippen LogP contribution in [0.1, 0.15) is 38.7 Å². The lowest BCUT2D eigenvalue weighted by molar-refractivity contribution is -0.142. The average molecular weight is 578 g/mol. The number of hydrogen-bond donors (Lipinski definition) is 2. The zero-order valence-electron chi connectivity index (χ0n) is 23.5. The van der Waals surface area contributed by atoms with Crippen LogP contribution in [0, 0.1) is 29.5 Å². The lowest BCUT2D eigenvalue weighted by atomic mass is 9.73. The Kier molecular flexibility index (Phi) is 7.44. The maximum absolute atomic E-state index is 14.8. The number of likely N-dealkylation sites (tertiary alicyclic amines) is 1. The molecule has 2 saturated heterocycles. The van der Waals surface area contributed by atoms with Gasteiger partial charge in [0.2, 0.25) is 17.7 Å². The molecule has 3 amide bonds.